The fraction of sp³-hybridized carbons (Fsp3) is 0.0154. The van der Waals surface area contributed by atoms with E-state index >= 15 is 0 Å². The van der Waals surface area contributed by atoms with E-state index in [0.29, 0.717) is 5.82 Å². The molecule has 0 spiro atoms. The highest BCUT2D eigenvalue weighted by Gasteiger charge is 2.46. The molecule has 2 heteroatoms. The van der Waals surface area contributed by atoms with E-state index in [4.69, 9.17) is 9.97 Å². The molecule has 11 aromatic rings. The third kappa shape index (κ3) is 7.26. The second-order valence-electron chi connectivity index (χ2n) is 17.3. The lowest BCUT2D eigenvalue weighted by Crippen LogP contribution is -2.28. The lowest BCUT2D eigenvalue weighted by molar-refractivity contribution is 0.768. The monoisotopic (exact) mass is 852 g/mol. The largest absolute Gasteiger partial charge is 0.228 e. The molecule has 0 atom stereocenters. The number of hydrogen-bond donors (Lipinski definition) is 0. The molecule has 1 aliphatic carbocycles. The Hall–Kier alpha value is -8.72. The SMILES string of the molecule is c1ccc(-c2ccc(-c3cc(-c4cc(-c5ccccc5)cc(-c5ccc6c(c5)-c5ccccc5C6(c5ccccc5)c5ccccc5)c4)nc(-c4ccc(-c5ccccc5)cc4)n3)cc2)cc1. The van der Waals surface area contributed by atoms with Gasteiger partial charge in [0.2, 0.25) is 0 Å². The first-order valence-corrected chi connectivity index (χ1v) is 23.0. The van der Waals surface area contributed by atoms with E-state index in [1.165, 1.54) is 44.5 Å². The molecule has 0 bridgehead atoms. The van der Waals surface area contributed by atoms with Crippen molar-refractivity contribution < 1.29 is 0 Å². The summed E-state index contributed by atoms with van der Waals surface area (Å²) in [4.78, 5) is 10.7. The summed E-state index contributed by atoms with van der Waals surface area (Å²) in [5.74, 6) is 0.679. The van der Waals surface area contributed by atoms with E-state index in [1.807, 2.05) is 0 Å². The van der Waals surface area contributed by atoms with Crippen LogP contribution in [0.2, 0.25) is 0 Å². The minimum Gasteiger partial charge on any atom is -0.228 e. The Morgan fingerprint density at radius 1 is 0.224 bits per heavy atom. The number of rotatable bonds is 9. The number of benzene rings is 10. The molecule has 1 aliphatic rings. The molecule has 0 saturated carbocycles. The molecule has 12 rings (SSSR count). The van der Waals surface area contributed by atoms with Crippen molar-refractivity contribution in [2.24, 2.45) is 0 Å². The maximum absolute atomic E-state index is 5.40. The zero-order valence-corrected chi connectivity index (χ0v) is 36.8. The van der Waals surface area contributed by atoms with Crippen molar-refractivity contribution in [1.29, 1.82) is 0 Å². The van der Waals surface area contributed by atoms with E-state index in [0.717, 1.165) is 61.5 Å². The van der Waals surface area contributed by atoms with Crippen LogP contribution in [0.25, 0.3) is 89.5 Å². The Morgan fingerprint density at radius 3 is 1.15 bits per heavy atom. The highest BCUT2D eigenvalue weighted by atomic mass is 14.9. The second kappa shape index (κ2) is 17.0. The Bertz CT molecular complexity index is 3370. The van der Waals surface area contributed by atoms with Crippen molar-refractivity contribution in [2.45, 2.75) is 5.41 Å². The van der Waals surface area contributed by atoms with Gasteiger partial charge in [-0.15, -0.1) is 0 Å². The third-order valence-electron chi connectivity index (χ3n) is 13.4. The van der Waals surface area contributed by atoms with Crippen molar-refractivity contribution in [3.8, 4) is 89.5 Å². The van der Waals surface area contributed by atoms with Gasteiger partial charge < -0.3 is 0 Å². The van der Waals surface area contributed by atoms with E-state index in [1.54, 1.807) is 0 Å². The van der Waals surface area contributed by atoms with Crippen LogP contribution >= 0.6 is 0 Å². The average molecular weight is 853 g/mol. The van der Waals surface area contributed by atoms with Gasteiger partial charge in [0.15, 0.2) is 5.82 Å². The van der Waals surface area contributed by atoms with Crippen LogP contribution in [0.5, 0.6) is 0 Å². The summed E-state index contributed by atoms with van der Waals surface area (Å²) in [7, 11) is 0. The standard InChI is InChI=1S/C65H44N2/c1-6-18-45(19-7-1)48-30-34-50(35-31-48)62-44-63(67-64(66-62)51-36-32-49(33-37-51)46-20-8-2-9-21-46)55-41-53(47-22-10-3-11-23-47)40-54(42-55)52-38-39-61-59(43-52)58-28-16-17-29-60(58)65(61,56-24-12-4-13-25-56)57-26-14-5-15-27-57/h1-44H. The van der Waals surface area contributed by atoms with Crippen molar-refractivity contribution in [1.82, 2.24) is 9.97 Å². The minimum absolute atomic E-state index is 0.462. The van der Waals surface area contributed by atoms with Crippen LogP contribution in [0.3, 0.4) is 0 Å². The predicted molar refractivity (Wildman–Crippen MR) is 277 cm³/mol. The molecule has 314 valence electrons. The van der Waals surface area contributed by atoms with Gasteiger partial charge in [-0.25, -0.2) is 9.97 Å². The maximum Gasteiger partial charge on any atom is 0.160 e. The lowest BCUT2D eigenvalue weighted by atomic mass is 9.67. The molecule has 0 aliphatic heterocycles. The van der Waals surface area contributed by atoms with Crippen LogP contribution in [-0.4, -0.2) is 9.97 Å². The fourth-order valence-electron chi connectivity index (χ4n) is 10.1. The smallest absolute Gasteiger partial charge is 0.160 e. The molecular weight excluding hydrogens is 809 g/mol. The zero-order valence-electron chi connectivity index (χ0n) is 36.8. The van der Waals surface area contributed by atoms with Gasteiger partial charge in [-0.05, 0) is 108 Å². The maximum atomic E-state index is 5.40. The molecule has 2 nitrogen and oxygen atoms in total. The van der Waals surface area contributed by atoms with Crippen LogP contribution in [0.1, 0.15) is 22.3 Å². The summed E-state index contributed by atoms with van der Waals surface area (Å²) in [5, 5.41) is 0. The molecule has 0 saturated heterocycles. The fourth-order valence-corrected chi connectivity index (χ4v) is 10.1. The molecule has 0 fully saturated rings. The number of nitrogens with zero attached hydrogens (tertiary/aromatic N) is 2. The summed E-state index contributed by atoms with van der Waals surface area (Å²) in [6.07, 6.45) is 0. The normalized spacial score (nSPS) is 12.3. The predicted octanol–water partition coefficient (Wildman–Crippen LogP) is 16.5. The molecule has 67 heavy (non-hydrogen) atoms. The Morgan fingerprint density at radius 2 is 0.597 bits per heavy atom. The molecule has 0 N–H and O–H groups in total. The first kappa shape index (κ1) is 39.8. The van der Waals surface area contributed by atoms with Crippen molar-refractivity contribution >= 4 is 0 Å². The van der Waals surface area contributed by atoms with Gasteiger partial charge in [-0.3, -0.25) is 0 Å². The van der Waals surface area contributed by atoms with Gasteiger partial charge >= 0.3 is 0 Å². The Balaban J connectivity index is 1.03. The first-order chi connectivity index (χ1) is 33.2. The van der Waals surface area contributed by atoms with Crippen molar-refractivity contribution in [2.75, 3.05) is 0 Å². The summed E-state index contributed by atoms with van der Waals surface area (Å²) in [6, 6.07) is 96.1. The molecule has 0 amide bonds. The van der Waals surface area contributed by atoms with E-state index in [9.17, 15) is 0 Å². The van der Waals surface area contributed by atoms with E-state index in [2.05, 4.69) is 267 Å². The highest BCUT2D eigenvalue weighted by molar-refractivity contribution is 5.90. The molecule has 0 unspecified atom stereocenters. The zero-order chi connectivity index (χ0) is 44.6. The van der Waals surface area contributed by atoms with Gasteiger partial charge in [-0.2, -0.15) is 0 Å². The van der Waals surface area contributed by atoms with Gasteiger partial charge in [0, 0.05) is 16.7 Å². The quantitative estimate of drug-likeness (QED) is 0.145. The average Bonchev–Trinajstić information content (AvgIpc) is 3.72. The Kier molecular flexibility index (Phi) is 10.1. The molecule has 1 aromatic heterocycles. The van der Waals surface area contributed by atoms with E-state index in [-0.39, 0.29) is 0 Å². The van der Waals surface area contributed by atoms with Crippen LogP contribution in [0, 0.1) is 0 Å². The first-order valence-electron chi connectivity index (χ1n) is 23.0. The summed E-state index contributed by atoms with van der Waals surface area (Å²) in [6.45, 7) is 0. The van der Waals surface area contributed by atoms with Gasteiger partial charge in [0.25, 0.3) is 0 Å². The van der Waals surface area contributed by atoms with Crippen LogP contribution in [0.15, 0.2) is 267 Å². The van der Waals surface area contributed by atoms with E-state index < -0.39 is 5.41 Å². The molecule has 10 aromatic carbocycles. The topological polar surface area (TPSA) is 25.8 Å². The van der Waals surface area contributed by atoms with Gasteiger partial charge in [0.1, 0.15) is 0 Å². The van der Waals surface area contributed by atoms with Gasteiger partial charge in [-0.1, -0.05) is 237 Å². The molecular formula is C65H44N2. The summed E-state index contributed by atoms with van der Waals surface area (Å²) < 4.78 is 0. The number of hydrogen-bond acceptors (Lipinski definition) is 2. The van der Waals surface area contributed by atoms with Crippen molar-refractivity contribution in [3.63, 3.8) is 0 Å². The number of aromatic nitrogens is 2. The summed E-state index contributed by atoms with van der Waals surface area (Å²) >= 11 is 0. The van der Waals surface area contributed by atoms with Crippen LogP contribution in [-0.2, 0) is 5.41 Å². The molecule has 1 heterocycles. The molecule has 0 radical (unpaired) electrons. The van der Waals surface area contributed by atoms with Crippen molar-refractivity contribution in [3.05, 3.63) is 289 Å². The minimum atomic E-state index is -0.462. The van der Waals surface area contributed by atoms with Gasteiger partial charge in [0.05, 0.1) is 16.8 Å². The lowest BCUT2D eigenvalue weighted by Gasteiger charge is -2.33. The highest BCUT2D eigenvalue weighted by Crippen LogP contribution is 2.56. The summed E-state index contributed by atoms with van der Waals surface area (Å²) in [5.41, 5.74) is 21.1. The van der Waals surface area contributed by atoms with Crippen LogP contribution in [0.4, 0.5) is 0 Å². The van der Waals surface area contributed by atoms with Crippen LogP contribution < -0.4 is 0 Å². The second-order valence-corrected chi connectivity index (χ2v) is 17.3. The Labute approximate surface area is 392 Å². The third-order valence-corrected chi connectivity index (χ3v) is 13.4. The number of fused-ring (bicyclic) bond motifs is 3.